The molecule has 0 bridgehead atoms. The molecule has 12 heteroatoms. The van der Waals surface area contributed by atoms with Gasteiger partial charge in [-0.3, -0.25) is 0 Å². The quantitative estimate of drug-likeness (QED) is 0.232. The Labute approximate surface area is 221 Å². The van der Waals surface area contributed by atoms with Crippen LogP contribution in [0.25, 0.3) is 0 Å². The van der Waals surface area contributed by atoms with E-state index in [0.717, 1.165) is 69.1 Å². The zero-order valence-electron chi connectivity index (χ0n) is 21.9. The average Bonchev–Trinajstić information content (AvgIpc) is 2.92. The van der Waals surface area contributed by atoms with Crippen LogP contribution in [-0.4, -0.2) is 82.8 Å². The number of halogens is 3. The molecule has 2 atom stereocenters. The molecule has 0 radical (unpaired) electrons. The number of hydrogen-bond donors (Lipinski definition) is 3. The van der Waals surface area contributed by atoms with E-state index in [-0.39, 0.29) is 18.3 Å². The lowest BCUT2D eigenvalue weighted by Gasteiger charge is -2.32. The van der Waals surface area contributed by atoms with Crippen molar-refractivity contribution >= 4 is 17.9 Å². The van der Waals surface area contributed by atoms with Crippen LogP contribution in [0.15, 0.2) is 24.5 Å². The number of carbonyl (C=O) groups excluding carboxylic acids is 1. The SMILES string of the molecule is CO[C@H](C)CN(CCCCc1ccc2c(n1)NCCC2)CC[C@](C=O)(CO)Nc1cc(C(F)(F)F)ncn1. The minimum atomic E-state index is -4.65. The summed E-state index contributed by atoms with van der Waals surface area (Å²) in [5.41, 5.74) is -0.325. The second-order valence-corrected chi connectivity index (χ2v) is 9.74. The van der Waals surface area contributed by atoms with Gasteiger partial charge < -0.3 is 30.2 Å². The molecule has 9 nitrogen and oxygen atoms in total. The molecule has 210 valence electrons. The van der Waals surface area contributed by atoms with E-state index >= 15 is 0 Å². The molecule has 0 spiro atoms. The van der Waals surface area contributed by atoms with Crippen LogP contribution in [0.1, 0.15) is 49.6 Å². The minimum absolute atomic E-state index is 0.0627. The Bertz CT molecular complexity index is 1040. The van der Waals surface area contributed by atoms with Crippen molar-refractivity contribution < 1.29 is 27.8 Å². The molecule has 1 aliphatic rings. The maximum absolute atomic E-state index is 13.0. The summed E-state index contributed by atoms with van der Waals surface area (Å²) in [7, 11) is 1.62. The first-order chi connectivity index (χ1) is 18.2. The summed E-state index contributed by atoms with van der Waals surface area (Å²) in [6, 6.07) is 4.95. The van der Waals surface area contributed by atoms with E-state index in [9.17, 15) is 23.1 Å². The van der Waals surface area contributed by atoms with Gasteiger partial charge in [-0.1, -0.05) is 6.07 Å². The van der Waals surface area contributed by atoms with Gasteiger partial charge in [0.05, 0.1) is 12.7 Å². The topological polar surface area (TPSA) is 112 Å². The van der Waals surface area contributed by atoms with Crippen molar-refractivity contribution in [1.29, 1.82) is 0 Å². The first-order valence-electron chi connectivity index (χ1n) is 12.9. The smallest absolute Gasteiger partial charge is 0.393 e. The standard InChI is InChI=1S/C26H37F3N6O3/c1-19(38-2)15-35(12-4-3-7-21-9-8-20-6-5-11-30-24(20)33-21)13-10-25(16-36,17-37)34-23-14-22(26(27,28)29)31-18-32-23/h8-9,14,16,18-19,37H,3-7,10-13,15,17H2,1-2H3,(H,30,33)(H,31,32,34)/t19-,25+/m1/s1. The molecule has 0 fully saturated rings. The van der Waals surface area contributed by atoms with Crippen molar-refractivity contribution in [2.24, 2.45) is 0 Å². The summed E-state index contributed by atoms with van der Waals surface area (Å²) in [5, 5.41) is 16.1. The molecule has 0 saturated carbocycles. The molecular formula is C26H37F3N6O3. The van der Waals surface area contributed by atoms with Gasteiger partial charge in [0.15, 0.2) is 0 Å². The van der Waals surface area contributed by atoms with Crippen molar-refractivity contribution in [2.75, 3.05) is 50.5 Å². The Morgan fingerprint density at radius 1 is 1.26 bits per heavy atom. The number of rotatable bonds is 15. The van der Waals surface area contributed by atoms with Gasteiger partial charge >= 0.3 is 6.18 Å². The molecule has 0 unspecified atom stereocenters. The third-order valence-corrected chi connectivity index (χ3v) is 6.74. The number of alkyl halides is 3. The predicted octanol–water partition coefficient (Wildman–Crippen LogP) is 3.34. The fourth-order valence-corrected chi connectivity index (χ4v) is 4.38. The van der Waals surface area contributed by atoms with Gasteiger partial charge in [-0.05, 0) is 63.6 Å². The number of pyridine rings is 1. The van der Waals surface area contributed by atoms with Crippen molar-refractivity contribution in [3.05, 3.63) is 41.5 Å². The molecule has 0 aromatic carbocycles. The lowest BCUT2D eigenvalue weighted by Crippen LogP contribution is -2.47. The van der Waals surface area contributed by atoms with Crippen molar-refractivity contribution in [3.8, 4) is 0 Å². The summed E-state index contributed by atoms with van der Waals surface area (Å²) in [6.45, 7) is 4.02. The molecule has 0 saturated heterocycles. The fourth-order valence-electron chi connectivity index (χ4n) is 4.38. The lowest BCUT2D eigenvalue weighted by atomic mass is 9.97. The van der Waals surface area contributed by atoms with E-state index in [1.165, 1.54) is 5.56 Å². The highest BCUT2D eigenvalue weighted by Gasteiger charge is 2.35. The number of aryl methyl sites for hydroxylation is 2. The summed E-state index contributed by atoms with van der Waals surface area (Å²) in [6.07, 6.45) is 1.55. The zero-order valence-corrected chi connectivity index (χ0v) is 21.9. The highest BCUT2D eigenvalue weighted by atomic mass is 19.4. The van der Waals surface area contributed by atoms with Gasteiger partial charge in [0.1, 0.15) is 35.5 Å². The number of unbranched alkanes of at least 4 members (excludes halogenated alkanes) is 1. The molecule has 1 aliphatic heterocycles. The second kappa shape index (κ2) is 13.8. The lowest BCUT2D eigenvalue weighted by molar-refractivity contribution is -0.141. The number of nitrogens with one attached hydrogen (secondary N) is 2. The molecule has 3 N–H and O–H groups in total. The predicted molar refractivity (Wildman–Crippen MR) is 138 cm³/mol. The van der Waals surface area contributed by atoms with Gasteiger partial charge in [0.25, 0.3) is 0 Å². The third kappa shape index (κ3) is 8.60. The monoisotopic (exact) mass is 538 g/mol. The molecule has 38 heavy (non-hydrogen) atoms. The highest BCUT2D eigenvalue weighted by Crippen LogP contribution is 2.29. The Hall–Kier alpha value is -2.83. The minimum Gasteiger partial charge on any atom is -0.393 e. The van der Waals surface area contributed by atoms with Crippen molar-refractivity contribution in [2.45, 2.75) is 63.3 Å². The van der Waals surface area contributed by atoms with E-state index in [1.54, 1.807) is 7.11 Å². The first-order valence-corrected chi connectivity index (χ1v) is 12.9. The Morgan fingerprint density at radius 2 is 2.08 bits per heavy atom. The average molecular weight is 539 g/mol. The number of ether oxygens (including phenoxy) is 1. The second-order valence-electron chi connectivity index (χ2n) is 9.74. The van der Waals surface area contributed by atoms with Crippen LogP contribution >= 0.6 is 0 Å². The molecule has 3 heterocycles. The van der Waals surface area contributed by atoms with Crippen LogP contribution < -0.4 is 10.6 Å². The number of methoxy groups -OCH3 is 1. The fraction of sp³-hybridized carbons (Fsp3) is 0.615. The molecule has 2 aromatic rings. The number of carbonyl (C=O) groups is 1. The third-order valence-electron chi connectivity index (χ3n) is 6.74. The maximum Gasteiger partial charge on any atom is 0.433 e. The maximum atomic E-state index is 13.0. The number of nitrogens with zero attached hydrogens (tertiary/aromatic N) is 4. The Morgan fingerprint density at radius 3 is 2.79 bits per heavy atom. The molecule has 2 aromatic heterocycles. The van der Waals surface area contributed by atoms with E-state index in [2.05, 4.69) is 37.6 Å². The summed E-state index contributed by atoms with van der Waals surface area (Å²) >= 11 is 0. The van der Waals surface area contributed by atoms with Gasteiger partial charge in [-0.15, -0.1) is 0 Å². The van der Waals surface area contributed by atoms with Crippen LogP contribution in [-0.2, 0) is 28.5 Å². The number of aliphatic hydroxyl groups excluding tert-OH is 1. The number of hydrogen-bond acceptors (Lipinski definition) is 9. The molecule has 0 aliphatic carbocycles. The number of aromatic nitrogens is 3. The zero-order chi connectivity index (χ0) is 27.6. The van der Waals surface area contributed by atoms with E-state index in [4.69, 9.17) is 9.72 Å². The normalized spacial score (nSPS) is 15.9. The van der Waals surface area contributed by atoms with Crippen LogP contribution in [0, 0.1) is 0 Å². The van der Waals surface area contributed by atoms with Gasteiger partial charge in [0, 0.05) is 38.5 Å². The summed E-state index contributed by atoms with van der Waals surface area (Å²) < 4.78 is 44.5. The van der Waals surface area contributed by atoms with Gasteiger partial charge in [0.2, 0.25) is 0 Å². The van der Waals surface area contributed by atoms with Crippen LogP contribution in [0.2, 0.25) is 0 Å². The molecule has 0 amide bonds. The van der Waals surface area contributed by atoms with E-state index in [1.807, 2.05) is 6.92 Å². The molecular weight excluding hydrogens is 501 g/mol. The van der Waals surface area contributed by atoms with Crippen molar-refractivity contribution in [3.63, 3.8) is 0 Å². The Kier molecular flexibility index (Phi) is 10.8. The first kappa shape index (κ1) is 29.7. The summed E-state index contributed by atoms with van der Waals surface area (Å²) in [5.74, 6) is 0.800. The number of aldehydes is 1. The van der Waals surface area contributed by atoms with Crippen molar-refractivity contribution in [1.82, 2.24) is 19.9 Å². The van der Waals surface area contributed by atoms with Crippen LogP contribution in [0.3, 0.4) is 0 Å². The highest BCUT2D eigenvalue weighted by molar-refractivity contribution is 5.70. The van der Waals surface area contributed by atoms with E-state index < -0.39 is 24.0 Å². The van der Waals surface area contributed by atoms with Gasteiger partial charge in [-0.2, -0.15) is 13.2 Å². The number of anilines is 2. The van der Waals surface area contributed by atoms with Gasteiger partial charge in [-0.25, -0.2) is 15.0 Å². The van der Waals surface area contributed by atoms with E-state index in [0.29, 0.717) is 19.4 Å². The molecule has 3 rings (SSSR count). The largest absolute Gasteiger partial charge is 0.433 e. The summed E-state index contributed by atoms with van der Waals surface area (Å²) in [4.78, 5) is 25.9. The Balaban J connectivity index is 1.58. The number of aliphatic hydroxyl groups is 1. The van der Waals surface area contributed by atoms with Crippen LogP contribution in [0.4, 0.5) is 24.8 Å². The number of fused-ring (bicyclic) bond motifs is 1. The van der Waals surface area contributed by atoms with Crippen LogP contribution in [0.5, 0.6) is 0 Å².